The number of nitrogens with one attached hydrogen (secondary N) is 1. The van der Waals surface area contributed by atoms with Crippen molar-refractivity contribution in [2.75, 3.05) is 0 Å². The number of aromatic nitrogens is 2. The molecule has 0 saturated heterocycles. The second kappa shape index (κ2) is 2.08. The molecule has 12 heavy (non-hydrogen) atoms. The molecule has 0 fully saturated rings. The molecule has 3 rings (SSSR count). The molecule has 3 heterocycles. The van der Waals surface area contributed by atoms with Crippen molar-refractivity contribution >= 4 is 32.5 Å². The molecule has 0 atom stereocenters. The third kappa shape index (κ3) is 0.662. The Morgan fingerprint density at radius 2 is 2.33 bits per heavy atom. The maximum absolute atomic E-state index is 4.29. The van der Waals surface area contributed by atoms with E-state index in [0.29, 0.717) is 0 Å². The molecule has 0 unspecified atom stereocenters. The lowest BCUT2D eigenvalue weighted by Crippen LogP contribution is -1.73. The van der Waals surface area contributed by atoms with E-state index in [1.165, 1.54) is 15.5 Å². The van der Waals surface area contributed by atoms with E-state index in [-0.39, 0.29) is 0 Å². The van der Waals surface area contributed by atoms with Crippen molar-refractivity contribution in [2.45, 2.75) is 0 Å². The average Bonchev–Trinajstić information content (AvgIpc) is 2.71. The van der Waals surface area contributed by atoms with Crippen LogP contribution in [0.25, 0.3) is 21.1 Å². The lowest BCUT2D eigenvalue weighted by atomic mass is 10.3. The summed E-state index contributed by atoms with van der Waals surface area (Å²) in [4.78, 5) is 7.39. The summed E-state index contributed by atoms with van der Waals surface area (Å²) in [6, 6.07) is 4.17. The van der Waals surface area contributed by atoms with E-state index < -0.39 is 0 Å². The summed E-state index contributed by atoms with van der Waals surface area (Å²) < 4.78 is 1.32. The van der Waals surface area contributed by atoms with Crippen LogP contribution in [0, 0.1) is 0 Å². The Balaban J connectivity index is 2.71. The highest BCUT2D eigenvalue weighted by Crippen LogP contribution is 2.27. The van der Waals surface area contributed by atoms with Gasteiger partial charge >= 0.3 is 0 Å². The van der Waals surface area contributed by atoms with E-state index in [0.717, 1.165) is 5.65 Å². The molecular formula is C9H6N2S. The van der Waals surface area contributed by atoms with Crippen molar-refractivity contribution in [3.8, 4) is 0 Å². The van der Waals surface area contributed by atoms with E-state index in [1.807, 2.05) is 12.4 Å². The number of pyridine rings is 1. The minimum Gasteiger partial charge on any atom is -0.346 e. The average molecular weight is 174 g/mol. The van der Waals surface area contributed by atoms with Crippen LogP contribution in [0.1, 0.15) is 0 Å². The van der Waals surface area contributed by atoms with E-state index in [9.17, 15) is 0 Å². The first-order valence-electron chi connectivity index (χ1n) is 3.74. The summed E-state index contributed by atoms with van der Waals surface area (Å²) in [5.41, 5.74) is 0.977. The molecule has 0 aliphatic rings. The van der Waals surface area contributed by atoms with Gasteiger partial charge in [-0.2, -0.15) is 0 Å². The minimum atomic E-state index is 0.977. The van der Waals surface area contributed by atoms with Crippen LogP contribution in [0.4, 0.5) is 0 Å². The zero-order chi connectivity index (χ0) is 7.97. The van der Waals surface area contributed by atoms with E-state index in [4.69, 9.17) is 0 Å². The Labute approximate surface area is 72.9 Å². The summed E-state index contributed by atoms with van der Waals surface area (Å²) in [5, 5.41) is 4.55. The highest BCUT2D eigenvalue weighted by molar-refractivity contribution is 7.18. The number of aromatic amines is 1. The lowest BCUT2D eigenvalue weighted by molar-refractivity contribution is 1.34. The largest absolute Gasteiger partial charge is 0.346 e. The van der Waals surface area contributed by atoms with Crippen LogP contribution in [0.2, 0.25) is 0 Å². The Hall–Kier alpha value is -1.35. The van der Waals surface area contributed by atoms with Gasteiger partial charge in [0.2, 0.25) is 0 Å². The molecule has 0 aliphatic carbocycles. The molecule has 0 saturated carbocycles. The van der Waals surface area contributed by atoms with Crippen molar-refractivity contribution in [1.29, 1.82) is 0 Å². The standard InChI is InChI=1S/C9H6N2S/c1-3-10-9-7(1)8-6(5-11-9)2-4-12-8/h1-5H,(H,10,11). The molecule has 2 nitrogen and oxygen atoms in total. The van der Waals surface area contributed by atoms with Gasteiger partial charge in [0.1, 0.15) is 5.65 Å². The van der Waals surface area contributed by atoms with Gasteiger partial charge < -0.3 is 4.98 Å². The number of H-pyrrole nitrogens is 1. The van der Waals surface area contributed by atoms with Crippen LogP contribution in [0.15, 0.2) is 29.9 Å². The van der Waals surface area contributed by atoms with Gasteiger partial charge in [0.25, 0.3) is 0 Å². The second-order valence-corrected chi connectivity index (χ2v) is 3.62. The number of thiophene rings is 1. The Morgan fingerprint density at radius 3 is 3.33 bits per heavy atom. The van der Waals surface area contributed by atoms with Gasteiger partial charge in [-0.3, -0.25) is 0 Å². The quantitative estimate of drug-likeness (QED) is 0.557. The first-order chi connectivity index (χ1) is 5.95. The highest BCUT2D eigenvalue weighted by Gasteiger charge is 2.01. The van der Waals surface area contributed by atoms with Gasteiger partial charge in [-0.15, -0.1) is 11.3 Å². The van der Waals surface area contributed by atoms with Crippen LogP contribution in [0.3, 0.4) is 0 Å². The van der Waals surface area contributed by atoms with Gasteiger partial charge in [0.15, 0.2) is 0 Å². The van der Waals surface area contributed by atoms with Gasteiger partial charge in [-0.1, -0.05) is 0 Å². The minimum absolute atomic E-state index is 0.977. The normalized spacial score (nSPS) is 11.3. The van der Waals surface area contributed by atoms with Crippen LogP contribution >= 0.6 is 11.3 Å². The molecule has 0 amide bonds. The van der Waals surface area contributed by atoms with Crippen molar-refractivity contribution in [2.24, 2.45) is 0 Å². The smallest absolute Gasteiger partial charge is 0.138 e. The fraction of sp³-hybridized carbons (Fsp3) is 0. The third-order valence-electron chi connectivity index (χ3n) is 2.00. The number of hydrogen-bond acceptors (Lipinski definition) is 2. The Kier molecular flexibility index (Phi) is 1.07. The first-order valence-corrected chi connectivity index (χ1v) is 4.62. The van der Waals surface area contributed by atoms with Gasteiger partial charge in [-0.25, -0.2) is 4.98 Å². The molecule has 3 aromatic rings. The maximum atomic E-state index is 4.29. The summed E-state index contributed by atoms with van der Waals surface area (Å²) in [7, 11) is 0. The van der Waals surface area contributed by atoms with Crippen molar-refractivity contribution < 1.29 is 0 Å². The SMILES string of the molecule is c1cc2c(ncc3ccsc32)[nH]1. The Bertz CT molecular complexity index is 486. The van der Waals surface area contributed by atoms with Crippen LogP contribution in [-0.4, -0.2) is 9.97 Å². The molecule has 0 radical (unpaired) electrons. The third-order valence-corrected chi connectivity index (χ3v) is 2.96. The van der Waals surface area contributed by atoms with Gasteiger partial charge in [0.05, 0.1) is 0 Å². The van der Waals surface area contributed by atoms with E-state index in [1.54, 1.807) is 11.3 Å². The fourth-order valence-electron chi connectivity index (χ4n) is 1.42. The van der Waals surface area contributed by atoms with Crippen LogP contribution < -0.4 is 0 Å². The monoisotopic (exact) mass is 174 g/mol. The molecule has 0 bridgehead atoms. The number of fused-ring (bicyclic) bond motifs is 3. The van der Waals surface area contributed by atoms with Crippen molar-refractivity contribution in [3.05, 3.63) is 29.9 Å². The molecule has 0 spiro atoms. The summed E-state index contributed by atoms with van der Waals surface area (Å²) in [5.74, 6) is 0. The molecular weight excluding hydrogens is 168 g/mol. The maximum Gasteiger partial charge on any atom is 0.138 e. The number of rotatable bonds is 0. The zero-order valence-corrected chi connectivity index (χ0v) is 7.06. The molecule has 3 aromatic heterocycles. The lowest BCUT2D eigenvalue weighted by Gasteiger charge is -1.89. The number of hydrogen-bond donors (Lipinski definition) is 1. The highest BCUT2D eigenvalue weighted by atomic mass is 32.1. The second-order valence-electron chi connectivity index (χ2n) is 2.70. The van der Waals surface area contributed by atoms with Crippen molar-refractivity contribution in [1.82, 2.24) is 9.97 Å². The molecule has 3 heteroatoms. The zero-order valence-electron chi connectivity index (χ0n) is 6.24. The predicted octanol–water partition coefficient (Wildman–Crippen LogP) is 2.78. The number of nitrogens with zero attached hydrogens (tertiary/aromatic N) is 1. The molecule has 58 valence electrons. The molecule has 0 aromatic carbocycles. The summed E-state index contributed by atoms with van der Waals surface area (Å²) in [6.07, 6.45) is 3.83. The van der Waals surface area contributed by atoms with Crippen LogP contribution in [-0.2, 0) is 0 Å². The topological polar surface area (TPSA) is 28.7 Å². The fourth-order valence-corrected chi connectivity index (χ4v) is 2.32. The summed E-state index contributed by atoms with van der Waals surface area (Å²) in [6.45, 7) is 0. The van der Waals surface area contributed by atoms with E-state index in [2.05, 4.69) is 27.5 Å². The van der Waals surface area contributed by atoms with Gasteiger partial charge in [-0.05, 0) is 17.5 Å². The predicted molar refractivity (Wildman–Crippen MR) is 51.5 cm³/mol. The molecule has 1 N–H and O–H groups in total. The summed E-state index contributed by atoms with van der Waals surface area (Å²) >= 11 is 1.76. The molecule has 0 aliphatic heterocycles. The van der Waals surface area contributed by atoms with E-state index >= 15 is 0 Å². The van der Waals surface area contributed by atoms with Crippen molar-refractivity contribution in [3.63, 3.8) is 0 Å². The van der Waals surface area contributed by atoms with Gasteiger partial charge in [0, 0.05) is 27.9 Å². The van der Waals surface area contributed by atoms with Crippen LogP contribution in [0.5, 0.6) is 0 Å². The Morgan fingerprint density at radius 1 is 1.33 bits per heavy atom. The first kappa shape index (κ1) is 6.20.